The van der Waals surface area contributed by atoms with Gasteiger partial charge in [0.05, 0.1) is 19.3 Å². The molecule has 3 rings (SSSR count). The summed E-state index contributed by atoms with van der Waals surface area (Å²) in [5.74, 6) is 0.881. The van der Waals surface area contributed by atoms with E-state index >= 15 is 0 Å². The standard InChI is InChI=1S/C15H19N3O2/c1-2-6-16-14(5-1)15-17-7-8-18(15)9-11-19-12-13-4-3-10-20-13/h1-2,5-8,13H,3-4,9-12H2/t13-/m0/s1. The van der Waals surface area contributed by atoms with Crippen LogP contribution in [-0.2, 0) is 16.0 Å². The van der Waals surface area contributed by atoms with Crippen molar-refractivity contribution in [2.45, 2.75) is 25.5 Å². The van der Waals surface area contributed by atoms with Crippen LogP contribution < -0.4 is 0 Å². The summed E-state index contributed by atoms with van der Waals surface area (Å²) in [6.45, 7) is 3.00. The van der Waals surface area contributed by atoms with Gasteiger partial charge in [-0.3, -0.25) is 4.98 Å². The Kier molecular flexibility index (Phi) is 4.40. The maximum Gasteiger partial charge on any atom is 0.158 e. The summed E-state index contributed by atoms with van der Waals surface area (Å²) < 4.78 is 13.3. The van der Waals surface area contributed by atoms with Gasteiger partial charge in [-0.15, -0.1) is 0 Å². The quantitative estimate of drug-likeness (QED) is 0.757. The minimum atomic E-state index is 0.285. The molecular formula is C15H19N3O2. The number of hydrogen-bond donors (Lipinski definition) is 0. The summed E-state index contributed by atoms with van der Waals surface area (Å²) in [6.07, 6.45) is 8.09. The van der Waals surface area contributed by atoms with E-state index in [9.17, 15) is 0 Å². The van der Waals surface area contributed by atoms with Crippen molar-refractivity contribution in [2.75, 3.05) is 19.8 Å². The highest BCUT2D eigenvalue weighted by Gasteiger charge is 2.15. The van der Waals surface area contributed by atoms with Crippen LogP contribution in [0.1, 0.15) is 12.8 Å². The normalized spacial score (nSPS) is 18.5. The highest BCUT2D eigenvalue weighted by Crippen LogP contribution is 2.14. The van der Waals surface area contributed by atoms with Crippen LogP contribution in [0.4, 0.5) is 0 Å². The van der Waals surface area contributed by atoms with Gasteiger partial charge in [0, 0.05) is 31.7 Å². The molecule has 1 aliphatic rings. The van der Waals surface area contributed by atoms with Crippen molar-refractivity contribution in [3.05, 3.63) is 36.8 Å². The fraction of sp³-hybridized carbons (Fsp3) is 0.467. The smallest absolute Gasteiger partial charge is 0.158 e. The molecule has 5 heteroatoms. The van der Waals surface area contributed by atoms with Crippen molar-refractivity contribution in [3.63, 3.8) is 0 Å². The van der Waals surface area contributed by atoms with Crippen molar-refractivity contribution >= 4 is 0 Å². The molecule has 0 saturated carbocycles. The summed E-state index contributed by atoms with van der Waals surface area (Å²) in [4.78, 5) is 8.69. The topological polar surface area (TPSA) is 49.2 Å². The van der Waals surface area contributed by atoms with Gasteiger partial charge in [-0.25, -0.2) is 4.98 Å². The van der Waals surface area contributed by atoms with Crippen LogP contribution in [0.3, 0.4) is 0 Å². The first-order chi connectivity index (χ1) is 9.93. The van der Waals surface area contributed by atoms with Gasteiger partial charge in [-0.1, -0.05) is 6.07 Å². The molecule has 0 radical (unpaired) electrons. The minimum Gasteiger partial charge on any atom is -0.377 e. The Labute approximate surface area is 118 Å². The van der Waals surface area contributed by atoms with Gasteiger partial charge in [-0.2, -0.15) is 0 Å². The molecule has 20 heavy (non-hydrogen) atoms. The predicted octanol–water partition coefficient (Wildman–Crippen LogP) is 2.14. The Hall–Kier alpha value is -1.72. The van der Waals surface area contributed by atoms with Gasteiger partial charge < -0.3 is 14.0 Å². The third-order valence-corrected chi connectivity index (χ3v) is 3.41. The highest BCUT2D eigenvalue weighted by atomic mass is 16.5. The first-order valence-corrected chi connectivity index (χ1v) is 7.05. The molecule has 1 atom stereocenters. The fourth-order valence-electron chi connectivity index (χ4n) is 2.37. The van der Waals surface area contributed by atoms with Gasteiger partial charge in [0.1, 0.15) is 5.69 Å². The van der Waals surface area contributed by atoms with Crippen LogP contribution in [-0.4, -0.2) is 40.5 Å². The van der Waals surface area contributed by atoms with Crippen LogP contribution in [0.15, 0.2) is 36.8 Å². The van der Waals surface area contributed by atoms with E-state index in [1.54, 1.807) is 12.4 Å². The number of nitrogens with zero attached hydrogens (tertiary/aromatic N) is 3. The maximum atomic E-state index is 5.69. The first-order valence-electron chi connectivity index (χ1n) is 7.05. The molecular weight excluding hydrogens is 254 g/mol. The molecule has 1 fully saturated rings. The monoisotopic (exact) mass is 273 g/mol. The van der Waals surface area contributed by atoms with Crippen LogP contribution in [0.2, 0.25) is 0 Å². The number of ether oxygens (including phenoxy) is 2. The van der Waals surface area contributed by atoms with E-state index in [4.69, 9.17) is 9.47 Å². The Bertz CT molecular complexity index is 521. The van der Waals surface area contributed by atoms with Gasteiger partial charge >= 0.3 is 0 Å². The van der Waals surface area contributed by atoms with E-state index in [2.05, 4.69) is 14.5 Å². The van der Waals surface area contributed by atoms with Crippen LogP contribution in [0.25, 0.3) is 11.5 Å². The van der Waals surface area contributed by atoms with E-state index in [1.165, 1.54) is 0 Å². The number of hydrogen-bond acceptors (Lipinski definition) is 4. The highest BCUT2D eigenvalue weighted by molar-refractivity contribution is 5.48. The van der Waals surface area contributed by atoms with Crippen molar-refractivity contribution < 1.29 is 9.47 Å². The Balaban J connectivity index is 1.52. The molecule has 3 heterocycles. The van der Waals surface area contributed by atoms with E-state index in [-0.39, 0.29) is 6.10 Å². The summed E-state index contributed by atoms with van der Waals surface area (Å²) >= 11 is 0. The zero-order valence-electron chi connectivity index (χ0n) is 11.4. The third kappa shape index (κ3) is 3.23. The second kappa shape index (κ2) is 6.63. The number of rotatable bonds is 6. The second-order valence-electron chi connectivity index (χ2n) is 4.87. The molecule has 5 nitrogen and oxygen atoms in total. The Morgan fingerprint density at radius 2 is 2.30 bits per heavy atom. The lowest BCUT2D eigenvalue weighted by Crippen LogP contribution is -2.16. The molecule has 106 valence electrons. The van der Waals surface area contributed by atoms with E-state index in [0.29, 0.717) is 13.2 Å². The molecule has 2 aromatic heterocycles. The van der Waals surface area contributed by atoms with Gasteiger partial charge in [-0.05, 0) is 25.0 Å². The number of imidazole rings is 1. The lowest BCUT2D eigenvalue weighted by molar-refractivity contribution is 0.0149. The molecule has 0 amide bonds. The van der Waals surface area contributed by atoms with E-state index < -0.39 is 0 Å². The fourth-order valence-corrected chi connectivity index (χ4v) is 2.37. The summed E-state index contributed by atoms with van der Waals surface area (Å²) in [7, 11) is 0. The number of pyridine rings is 1. The van der Waals surface area contributed by atoms with Crippen molar-refractivity contribution in [2.24, 2.45) is 0 Å². The molecule has 1 aliphatic heterocycles. The van der Waals surface area contributed by atoms with Crippen LogP contribution in [0, 0.1) is 0 Å². The van der Waals surface area contributed by atoms with Gasteiger partial charge in [0.15, 0.2) is 5.82 Å². The molecule has 0 bridgehead atoms. The Morgan fingerprint density at radius 1 is 1.30 bits per heavy atom. The van der Waals surface area contributed by atoms with Gasteiger partial charge in [0.2, 0.25) is 0 Å². The summed E-state index contributed by atoms with van der Waals surface area (Å²) in [6, 6.07) is 5.84. The summed E-state index contributed by atoms with van der Waals surface area (Å²) in [5, 5.41) is 0. The number of aromatic nitrogens is 3. The largest absolute Gasteiger partial charge is 0.377 e. The molecule has 0 spiro atoms. The average Bonchev–Trinajstić information content (AvgIpc) is 3.16. The SMILES string of the molecule is c1ccc(-c2nccn2CCOC[C@@H]2CCCO2)nc1. The van der Waals surface area contributed by atoms with Crippen LogP contribution in [0.5, 0.6) is 0 Å². The van der Waals surface area contributed by atoms with Gasteiger partial charge in [0.25, 0.3) is 0 Å². The zero-order chi connectivity index (χ0) is 13.6. The molecule has 0 N–H and O–H groups in total. The average molecular weight is 273 g/mol. The zero-order valence-corrected chi connectivity index (χ0v) is 11.4. The summed E-state index contributed by atoms with van der Waals surface area (Å²) in [5.41, 5.74) is 0.886. The van der Waals surface area contributed by atoms with E-state index in [1.807, 2.05) is 24.4 Å². The lowest BCUT2D eigenvalue weighted by atomic mass is 10.2. The van der Waals surface area contributed by atoms with Crippen LogP contribution >= 0.6 is 0 Å². The maximum absolute atomic E-state index is 5.69. The first kappa shape index (κ1) is 13.3. The second-order valence-corrected chi connectivity index (χ2v) is 4.87. The van der Waals surface area contributed by atoms with E-state index in [0.717, 1.165) is 37.5 Å². The van der Waals surface area contributed by atoms with Crippen molar-refractivity contribution in [3.8, 4) is 11.5 Å². The van der Waals surface area contributed by atoms with Crippen molar-refractivity contribution in [1.29, 1.82) is 0 Å². The molecule has 0 unspecified atom stereocenters. The molecule has 2 aromatic rings. The Morgan fingerprint density at radius 3 is 3.10 bits per heavy atom. The third-order valence-electron chi connectivity index (χ3n) is 3.41. The lowest BCUT2D eigenvalue weighted by Gasteiger charge is -2.11. The molecule has 0 aliphatic carbocycles. The molecule has 0 aromatic carbocycles. The predicted molar refractivity (Wildman–Crippen MR) is 75.3 cm³/mol. The minimum absolute atomic E-state index is 0.285. The van der Waals surface area contributed by atoms with Crippen molar-refractivity contribution in [1.82, 2.24) is 14.5 Å². The molecule has 1 saturated heterocycles.